The predicted octanol–water partition coefficient (Wildman–Crippen LogP) is 4.28. The number of carbonyl (C=O) groups excluding carboxylic acids is 2. The lowest BCUT2D eigenvalue weighted by atomic mass is 10.1. The zero-order chi connectivity index (χ0) is 23.3. The molecule has 0 aliphatic rings. The van der Waals surface area contributed by atoms with Gasteiger partial charge in [0.15, 0.2) is 0 Å². The molecule has 0 spiro atoms. The van der Waals surface area contributed by atoms with Gasteiger partial charge in [-0.3, -0.25) is 9.59 Å². The fraction of sp³-hybridized carbons (Fsp3) is 0.231. The van der Waals surface area contributed by atoms with Crippen LogP contribution in [0.5, 0.6) is 5.75 Å². The molecule has 2 amide bonds. The molecule has 0 heterocycles. The Hall–Kier alpha value is -3.35. The Morgan fingerprint density at radius 2 is 1.42 bits per heavy atom. The van der Waals surface area contributed by atoms with E-state index < -0.39 is 0 Å². The molecule has 2 N–H and O–H groups in total. The standard InChI is InChI=1S/C26H27ClN2O4/c27-22-8-6-21(7-9-22)14-16-28-25(30)18-32-19-26(31)29-23-10-12-24(13-11-23)33-17-15-20-4-2-1-3-5-20/h1-13H,14-19H2,(H,28,30)(H,29,31). The molecule has 172 valence electrons. The zero-order valence-corrected chi connectivity index (χ0v) is 19.0. The Labute approximate surface area is 198 Å². The van der Waals surface area contributed by atoms with Gasteiger partial charge in [0.05, 0.1) is 6.61 Å². The second kappa shape index (κ2) is 13.3. The smallest absolute Gasteiger partial charge is 0.250 e. The van der Waals surface area contributed by atoms with Crippen molar-refractivity contribution < 1.29 is 19.1 Å². The Morgan fingerprint density at radius 3 is 2.15 bits per heavy atom. The molecular weight excluding hydrogens is 440 g/mol. The SMILES string of the molecule is O=C(COCC(=O)Nc1ccc(OCCc2ccccc2)cc1)NCCc1ccc(Cl)cc1. The second-order valence-corrected chi connectivity index (χ2v) is 7.81. The lowest BCUT2D eigenvalue weighted by Gasteiger charge is -2.09. The lowest BCUT2D eigenvalue weighted by Crippen LogP contribution is -2.31. The molecular formula is C26H27ClN2O4. The molecule has 7 heteroatoms. The molecule has 0 unspecified atom stereocenters. The summed E-state index contributed by atoms with van der Waals surface area (Å²) in [6.07, 6.45) is 1.51. The largest absolute Gasteiger partial charge is 0.493 e. The van der Waals surface area contributed by atoms with Crippen molar-refractivity contribution in [2.24, 2.45) is 0 Å². The van der Waals surface area contributed by atoms with Gasteiger partial charge < -0.3 is 20.1 Å². The quantitative estimate of drug-likeness (QED) is 0.418. The number of anilines is 1. The van der Waals surface area contributed by atoms with Gasteiger partial charge in [0.2, 0.25) is 11.8 Å². The summed E-state index contributed by atoms with van der Waals surface area (Å²) in [4.78, 5) is 23.9. The predicted molar refractivity (Wildman–Crippen MR) is 130 cm³/mol. The van der Waals surface area contributed by atoms with Crippen molar-refractivity contribution in [2.45, 2.75) is 12.8 Å². The zero-order valence-electron chi connectivity index (χ0n) is 18.3. The highest BCUT2D eigenvalue weighted by molar-refractivity contribution is 6.30. The van der Waals surface area contributed by atoms with E-state index >= 15 is 0 Å². The third-order valence-corrected chi connectivity index (χ3v) is 5.01. The van der Waals surface area contributed by atoms with Crippen LogP contribution >= 0.6 is 11.6 Å². The normalized spacial score (nSPS) is 10.5. The highest BCUT2D eigenvalue weighted by atomic mass is 35.5. The number of rotatable bonds is 12. The highest BCUT2D eigenvalue weighted by Crippen LogP contribution is 2.16. The van der Waals surface area contributed by atoms with Crippen molar-refractivity contribution >= 4 is 29.1 Å². The summed E-state index contributed by atoms with van der Waals surface area (Å²) in [5.74, 6) is 0.130. The molecule has 3 aromatic rings. The van der Waals surface area contributed by atoms with Crippen LogP contribution in [0.1, 0.15) is 11.1 Å². The minimum absolute atomic E-state index is 0.178. The van der Waals surface area contributed by atoms with Crippen LogP contribution < -0.4 is 15.4 Å². The molecule has 6 nitrogen and oxygen atoms in total. The van der Waals surface area contributed by atoms with Crippen molar-refractivity contribution in [2.75, 3.05) is 31.7 Å². The molecule has 33 heavy (non-hydrogen) atoms. The van der Waals surface area contributed by atoms with Gasteiger partial charge in [-0.25, -0.2) is 0 Å². The minimum Gasteiger partial charge on any atom is -0.493 e. The van der Waals surface area contributed by atoms with Gasteiger partial charge in [-0.05, 0) is 53.9 Å². The summed E-state index contributed by atoms with van der Waals surface area (Å²) in [6, 6.07) is 24.7. The first-order valence-corrected chi connectivity index (χ1v) is 11.1. The van der Waals surface area contributed by atoms with Gasteiger partial charge in [-0.1, -0.05) is 54.1 Å². The van der Waals surface area contributed by atoms with Crippen molar-refractivity contribution in [1.29, 1.82) is 0 Å². The summed E-state index contributed by atoms with van der Waals surface area (Å²) in [5.41, 5.74) is 2.93. The van der Waals surface area contributed by atoms with E-state index in [9.17, 15) is 9.59 Å². The van der Waals surface area contributed by atoms with Gasteiger partial charge in [0, 0.05) is 23.7 Å². The van der Waals surface area contributed by atoms with Gasteiger partial charge in [-0.2, -0.15) is 0 Å². The van der Waals surface area contributed by atoms with Gasteiger partial charge in [0.1, 0.15) is 19.0 Å². The van der Waals surface area contributed by atoms with Crippen LogP contribution in [-0.4, -0.2) is 38.2 Å². The molecule has 0 aliphatic carbocycles. The van der Waals surface area contributed by atoms with Gasteiger partial charge in [0.25, 0.3) is 0 Å². The number of hydrogen-bond donors (Lipinski definition) is 2. The number of benzene rings is 3. The Morgan fingerprint density at radius 1 is 0.758 bits per heavy atom. The molecule has 0 radical (unpaired) electrons. The van der Waals surface area contributed by atoms with E-state index in [1.807, 2.05) is 42.5 Å². The topological polar surface area (TPSA) is 76.7 Å². The molecule has 0 atom stereocenters. The third-order valence-electron chi connectivity index (χ3n) is 4.76. The first-order chi connectivity index (χ1) is 16.1. The average molecular weight is 467 g/mol. The molecule has 3 aromatic carbocycles. The van der Waals surface area contributed by atoms with Crippen LogP contribution in [0.2, 0.25) is 5.02 Å². The van der Waals surface area contributed by atoms with E-state index in [0.29, 0.717) is 30.3 Å². The molecule has 0 fully saturated rings. The fourth-order valence-electron chi connectivity index (χ4n) is 3.05. The Bertz CT molecular complexity index is 1010. The molecule has 0 saturated heterocycles. The van der Waals surface area contributed by atoms with E-state index in [1.54, 1.807) is 24.3 Å². The number of hydrogen-bond acceptors (Lipinski definition) is 4. The minimum atomic E-state index is -0.332. The van der Waals surface area contributed by atoms with E-state index in [2.05, 4.69) is 22.8 Å². The first kappa shape index (κ1) is 24.3. The van der Waals surface area contributed by atoms with E-state index in [1.165, 1.54) is 5.56 Å². The maximum atomic E-state index is 12.0. The monoisotopic (exact) mass is 466 g/mol. The fourth-order valence-corrected chi connectivity index (χ4v) is 3.17. The summed E-state index contributed by atoms with van der Waals surface area (Å²) in [7, 11) is 0. The van der Waals surface area contributed by atoms with Crippen molar-refractivity contribution in [3.05, 3.63) is 95.0 Å². The maximum absolute atomic E-state index is 12.0. The first-order valence-electron chi connectivity index (χ1n) is 10.7. The van der Waals surface area contributed by atoms with E-state index in [0.717, 1.165) is 17.7 Å². The lowest BCUT2D eigenvalue weighted by molar-refractivity contribution is -0.128. The second-order valence-electron chi connectivity index (χ2n) is 7.38. The van der Waals surface area contributed by atoms with Crippen LogP contribution in [-0.2, 0) is 27.2 Å². The maximum Gasteiger partial charge on any atom is 0.250 e. The molecule has 3 rings (SSSR count). The van der Waals surface area contributed by atoms with Crippen LogP contribution in [0, 0.1) is 0 Å². The Kier molecular flexibility index (Phi) is 9.76. The summed E-state index contributed by atoms with van der Waals surface area (Å²) < 4.78 is 10.9. The van der Waals surface area contributed by atoms with Gasteiger partial charge in [-0.15, -0.1) is 0 Å². The number of ether oxygens (including phenoxy) is 2. The molecule has 0 aliphatic heterocycles. The van der Waals surface area contributed by atoms with Crippen LogP contribution in [0.3, 0.4) is 0 Å². The van der Waals surface area contributed by atoms with E-state index in [-0.39, 0.29) is 25.0 Å². The van der Waals surface area contributed by atoms with Crippen LogP contribution in [0.4, 0.5) is 5.69 Å². The van der Waals surface area contributed by atoms with Crippen LogP contribution in [0.25, 0.3) is 0 Å². The highest BCUT2D eigenvalue weighted by Gasteiger charge is 2.06. The Balaban J connectivity index is 1.27. The summed E-state index contributed by atoms with van der Waals surface area (Å²) in [6.45, 7) is 0.670. The summed E-state index contributed by atoms with van der Waals surface area (Å²) >= 11 is 5.85. The molecule has 0 saturated carbocycles. The number of carbonyl (C=O) groups is 2. The summed E-state index contributed by atoms with van der Waals surface area (Å²) in [5, 5.41) is 6.17. The van der Waals surface area contributed by atoms with Crippen molar-refractivity contribution in [1.82, 2.24) is 5.32 Å². The van der Waals surface area contributed by atoms with Crippen molar-refractivity contribution in [3.8, 4) is 5.75 Å². The van der Waals surface area contributed by atoms with Crippen molar-refractivity contribution in [3.63, 3.8) is 0 Å². The third kappa shape index (κ3) is 9.35. The number of halogens is 1. The number of amides is 2. The van der Waals surface area contributed by atoms with E-state index in [4.69, 9.17) is 21.1 Å². The van der Waals surface area contributed by atoms with Crippen LogP contribution in [0.15, 0.2) is 78.9 Å². The van der Waals surface area contributed by atoms with Gasteiger partial charge >= 0.3 is 0 Å². The average Bonchev–Trinajstić information content (AvgIpc) is 2.82. The number of nitrogens with one attached hydrogen (secondary N) is 2. The molecule has 0 bridgehead atoms. The molecule has 0 aromatic heterocycles.